The Morgan fingerprint density at radius 2 is 1.40 bits per heavy atom. The first-order valence-corrected chi connectivity index (χ1v) is 8.11. The van der Waals surface area contributed by atoms with Crippen molar-refractivity contribution in [1.82, 2.24) is 9.97 Å². The molecule has 0 aliphatic rings. The number of hydrogen-bond donors (Lipinski definition) is 1. The molecule has 0 atom stereocenters. The van der Waals surface area contributed by atoms with E-state index in [0.29, 0.717) is 6.29 Å². The van der Waals surface area contributed by atoms with Gasteiger partial charge in [-0.1, -0.05) is 48.2 Å². The Morgan fingerprint density at radius 3 is 1.83 bits per heavy atom. The van der Waals surface area contributed by atoms with Gasteiger partial charge in [-0.15, -0.1) is 0 Å². The summed E-state index contributed by atoms with van der Waals surface area (Å²) in [5.74, 6) is -2.36. The molecule has 8 nitrogen and oxygen atoms in total. The molecule has 0 bridgehead atoms. The molecule has 3 N–H and O–H groups in total. The van der Waals surface area contributed by atoms with Crippen molar-refractivity contribution >= 4 is 34.1 Å². The van der Waals surface area contributed by atoms with Gasteiger partial charge in [-0.2, -0.15) is 0 Å². The van der Waals surface area contributed by atoms with E-state index in [-0.39, 0.29) is 28.1 Å². The van der Waals surface area contributed by atoms with E-state index in [1.165, 1.54) is 12.1 Å². The number of pyridine rings is 2. The van der Waals surface area contributed by atoms with E-state index in [4.69, 9.17) is 5.11 Å². The Balaban J connectivity index is 0.000000494. The van der Waals surface area contributed by atoms with Gasteiger partial charge < -0.3 is 25.6 Å². The number of benzene rings is 2. The van der Waals surface area contributed by atoms with Crippen molar-refractivity contribution in [3.05, 3.63) is 78.1 Å². The van der Waals surface area contributed by atoms with E-state index < -0.39 is 17.3 Å². The number of aliphatic hydroxyl groups is 1. The van der Waals surface area contributed by atoms with Crippen LogP contribution in [0.25, 0.3) is 21.8 Å². The average Bonchev–Trinajstić information content (AvgIpc) is 2.75. The number of nitrogens with zero attached hydrogens (tertiary/aromatic N) is 2. The van der Waals surface area contributed by atoms with E-state index in [1.807, 2.05) is 12.1 Å². The molecule has 0 spiro atoms. The molecule has 0 saturated heterocycles. The minimum atomic E-state index is -1.57. The molecule has 1 radical (unpaired) electrons. The summed E-state index contributed by atoms with van der Waals surface area (Å²) in [5, 5.41) is 30.5. The first kappa shape index (κ1) is 26.6. The molecule has 0 aliphatic heterocycles. The summed E-state index contributed by atoms with van der Waals surface area (Å²) in [4.78, 5) is 29.1. The number of rotatable bonds is 2. The number of carbonyl (C=O) groups excluding carboxylic acids is 2. The van der Waals surface area contributed by atoms with Gasteiger partial charge in [0.05, 0.1) is 17.0 Å². The fourth-order valence-electron chi connectivity index (χ4n) is 2.49. The molecule has 4 rings (SSSR count). The minimum absolute atomic E-state index is 0. The number of aromatic carboxylic acids is 1. The molecule has 30 heavy (non-hydrogen) atoms. The largest absolute Gasteiger partial charge is 2.00 e. The first-order chi connectivity index (χ1) is 13.6. The normalized spacial score (nSPS) is 9.00. The second-order valence-corrected chi connectivity index (χ2v) is 5.35. The van der Waals surface area contributed by atoms with Gasteiger partial charge >= 0.3 is 17.1 Å². The van der Waals surface area contributed by atoms with Gasteiger partial charge in [0.1, 0.15) is 6.29 Å². The number of carboxylic acid groups (broad SMARTS) is 1. The van der Waals surface area contributed by atoms with Crippen LogP contribution in [0.2, 0.25) is 0 Å². The van der Waals surface area contributed by atoms with Crippen LogP contribution in [0, 0.1) is 0 Å². The quantitative estimate of drug-likeness (QED) is 0.260. The van der Waals surface area contributed by atoms with E-state index in [0.717, 1.165) is 35.0 Å². The van der Waals surface area contributed by atoms with Gasteiger partial charge in [0.25, 0.3) is 0 Å². The third-order valence-corrected chi connectivity index (χ3v) is 3.74. The SMILES string of the molecule is CO.O.O=Cc1cccc(C(=O)[O-])c1[O-].[Cu+2].c1cnc2c(c1)ccc1cccnc12. The van der Waals surface area contributed by atoms with Crippen molar-refractivity contribution in [2.24, 2.45) is 0 Å². The maximum absolute atomic E-state index is 11.0. The van der Waals surface area contributed by atoms with E-state index in [1.54, 1.807) is 12.4 Å². The zero-order chi connectivity index (χ0) is 20.5. The van der Waals surface area contributed by atoms with Crippen LogP contribution in [0.5, 0.6) is 5.75 Å². The van der Waals surface area contributed by atoms with Crippen LogP contribution in [0.15, 0.2) is 67.0 Å². The molecule has 0 aliphatic carbocycles. The van der Waals surface area contributed by atoms with Crippen LogP contribution >= 0.6 is 0 Å². The molecule has 0 saturated carbocycles. The summed E-state index contributed by atoms with van der Waals surface area (Å²) in [7, 11) is 1.00. The van der Waals surface area contributed by atoms with Crippen LogP contribution in [0.1, 0.15) is 20.7 Å². The van der Waals surface area contributed by atoms with Gasteiger partial charge in [-0.05, 0) is 17.7 Å². The van der Waals surface area contributed by atoms with Gasteiger partial charge in [-0.3, -0.25) is 14.8 Å². The number of fused-ring (bicyclic) bond motifs is 3. The smallest absolute Gasteiger partial charge is 0.872 e. The molecule has 9 heteroatoms. The zero-order valence-electron chi connectivity index (χ0n) is 15.7. The summed E-state index contributed by atoms with van der Waals surface area (Å²) in [6, 6.07) is 15.8. The van der Waals surface area contributed by atoms with Gasteiger partial charge in [0.2, 0.25) is 0 Å². The van der Waals surface area contributed by atoms with Crippen LogP contribution in [0.3, 0.4) is 0 Å². The molecule has 4 aromatic rings. The van der Waals surface area contributed by atoms with Crippen molar-refractivity contribution in [3.8, 4) is 5.75 Å². The Labute approximate surface area is 182 Å². The molecule has 2 heterocycles. The Morgan fingerprint density at radius 1 is 0.900 bits per heavy atom. The molecule has 0 fully saturated rings. The van der Waals surface area contributed by atoms with Crippen LogP contribution in [-0.2, 0) is 17.1 Å². The minimum Gasteiger partial charge on any atom is -0.872 e. The first-order valence-electron chi connectivity index (χ1n) is 8.11. The van der Waals surface area contributed by atoms with Gasteiger partial charge in [-0.25, -0.2) is 0 Å². The molecular weight excluding hydrogens is 440 g/mol. The van der Waals surface area contributed by atoms with E-state index >= 15 is 0 Å². The van der Waals surface area contributed by atoms with Crippen molar-refractivity contribution in [3.63, 3.8) is 0 Å². The molecule has 2 aromatic carbocycles. The molecule has 159 valence electrons. The molecule has 0 unspecified atom stereocenters. The average molecular weight is 458 g/mol. The predicted octanol–water partition coefficient (Wildman–Crippen LogP) is 0.500. The number of hydrogen-bond acceptors (Lipinski definition) is 7. The molecule has 2 aromatic heterocycles. The summed E-state index contributed by atoms with van der Waals surface area (Å²) < 4.78 is 0. The van der Waals surface area contributed by atoms with Crippen molar-refractivity contribution in [2.45, 2.75) is 0 Å². The molecule has 0 amide bonds. The summed E-state index contributed by atoms with van der Waals surface area (Å²) >= 11 is 0. The number of carboxylic acids is 1. The summed E-state index contributed by atoms with van der Waals surface area (Å²) in [5.41, 5.74) is 1.30. The monoisotopic (exact) mass is 457 g/mol. The third kappa shape index (κ3) is 6.07. The Hall–Kier alpha value is -3.36. The van der Waals surface area contributed by atoms with Crippen molar-refractivity contribution in [1.29, 1.82) is 0 Å². The van der Waals surface area contributed by atoms with Crippen molar-refractivity contribution < 1.29 is 47.5 Å². The summed E-state index contributed by atoms with van der Waals surface area (Å²) in [6.07, 6.45) is 3.92. The number of aliphatic hydroxyl groups excluding tert-OH is 1. The van der Waals surface area contributed by atoms with Crippen LogP contribution < -0.4 is 10.2 Å². The number of carbonyl (C=O) groups is 2. The maximum atomic E-state index is 11.0. The van der Waals surface area contributed by atoms with Gasteiger partial charge in [0.15, 0.2) is 0 Å². The zero-order valence-corrected chi connectivity index (χ0v) is 16.6. The second-order valence-electron chi connectivity index (χ2n) is 5.35. The maximum Gasteiger partial charge on any atom is 2.00 e. The topological polar surface area (TPSA) is 158 Å². The van der Waals surface area contributed by atoms with Gasteiger partial charge in [0, 0.05) is 35.8 Å². The summed E-state index contributed by atoms with van der Waals surface area (Å²) in [6.45, 7) is 0. The third-order valence-electron chi connectivity index (χ3n) is 3.74. The predicted molar refractivity (Wildman–Crippen MR) is 104 cm³/mol. The van der Waals surface area contributed by atoms with E-state index in [2.05, 4.69) is 34.2 Å². The fraction of sp³-hybridized carbons (Fsp3) is 0.0476. The fourth-order valence-corrected chi connectivity index (χ4v) is 2.49. The van der Waals surface area contributed by atoms with E-state index in [9.17, 15) is 19.8 Å². The number of para-hydroxylation sites is 1. The molecular formula is C21H18CuN2O6. The second kappa shape index (κ2) is 13.0. The number of aromatic nitrogens is 2. The van der Waals surface area contributed by atoms with Crippen molar-refractivity contribution in [2.75, 3.05) is 7.11 Å². The standard InChI is InChI=1S/C12H8N2.C8H6O4.CH4O.Cu.H2O/c1-3-9-5-6-10-4-2-8-14-12(10)11(9)13-7-1;9-4-5-2-1-3-6(7(5)10)8(11)12;1-2;;/h1-8H;1-4,10H,(H,11,12);2H,1H3;;1H2/q;;;+2;/p-2. The van der Waals surface area contributed by atoms with Crippen LogP contribution in [0.4, 0.5) is 0 Å². The Kier molecular flexibility index (Phi) is 11.5. The van der Waals surface area contributed by atoms with Crippen LogP contribution in [-0.4, -0.2) is 39.9 Å². The number of aldehydes is 1. The Bertz CT molecular complexity index is 1070.